The molecule has 3 aromatic heterocycles. The van der Waals surface area contributed by atoms with Crippen LogP contribution in [0.2, 0.25) is 0 Å². The summed E-state index contributed by atoms with van der Waals surface area (Å²) in [5, 5.41) is 12.3. The van der Waals surface area contributed by atoms with Crippen LogP contribution in [0.3, 0.4) is 0 Å². The summed E-state index contributed by atoms with van der Waals surface area (Å²) in [5.74, 6) is -0.0152. The Kier molecular flexibility index (Phi) is 4.64. The highest BCUT2D eigenvalue weighted by Crippen LogP contribution is 2.26. The summed E-state index contributed by atoms with van der Waals surface area (Å²) in [5.41, 5.74) is 1.27. The van der Waals surface area contributed by atoms with Crippen molar-refractivity contribution in [3.8, 4) is 17.6 Å². The molecular formula is C22H19N5O3. The van der Waals surface area contributed by atoms with E-state index in [0.717, 1.165) is 0 Å². The predicted octanol–water partition coefficient (Wildman–Crippen LogP) is 3.30. The largest absolute Gasteiger partial charge is 0.443 e. The standard InChI is InChI=1S/C22H19N5O3/c1-14-19(21(29)27(25(14)3)16-9-5-4-6-10-16)24-20(28)18-15(2)30-22(17(18)13-23)26-11-7-8-12-26/h4-12H,1-3H3,(H,24,28). The van der Waals surface area contributed by atoms with Gasteiger partial charge in [-0.2, -0.15) is 5.26 Å². The molecule has 4 rings (SSSR count). The van der Waals surface area contributed by atoms with Crippen LogP contribution in [0.4, 0.5) is 5.69 Å². The van der Waals surface area contributed by atoms with Crippen LogP contribution in [0.1, 0.15) is 27.4 Å². The van der Waals surface area contributed by atoms with Gasteiger partial charge in [0.15, 0.2) is 0 Å². The van der Waals surface area contributed by atoms with Crippen molar-refractivity contribution in [3.05, 3.63) is 87.8 Å². The van der Waals surface area contributed by atoms with Crippen molar-refractivity contribution in [2.45, 2.75) is 13.8 Å². The van der Waals surface area contributed by atoms with Crippen molar-refractivity contribution in [1.29, 1.82) is 5.26 Å². The lowest BCUT2D eigenvalue weighted by Gasteiger charge is -2.07. The van der Waals surface area contributed by atoms with Crippen LogP contribution in [-0.4, -0.2) is 19.8 Å². The number of nitriles is 1. The van der Waals surface area contributed by atoms with Gasteiger partial charge in [0.2, 0.25) is 5.88 Å². The van der Waals surface area contributed by atoms with E-state index in [9.17, 15) is 14.9 Å². The summed E-state index contributed by atoms with van der Waals surface area (Å²) >= 11 is 0. The summed E-state index contributed by atoms with van der Waals surface area (Å²) < 4.78 is 10.5. The minimum atomic E-state index is -0.572. The van der Waals surface area contributed by atoms with Crippen molar-refractivity contribution in [1.82, 2.24) is 13.9 Å². The van der Waals surface area contributed by atoms with E-state index < -0.39 is 5.91 Å². The highest BCUT2D eigenvalue weighted by atomic mass is 16.4. The Morgan fingerprint density at radius 2 is 1.77 bits per heavy atom. The van der Waals surface area contributed by atoms with E-state index in [2.05, 4.69) is 5.32 Å². The van der Waals surface area contributed by atoms with Crippen LogP contribution < -0.4 is 10.9 Å². The van der Waals surface area contributed by atoms with Gasteiger partial charge in [-0.15, -0.1) is 0 Å². The van der Waals surface area contributed by atoms with Gasteiger partial charge in [0, 0.05) is 19.4 Å². The first-order chi connectivity index (χ1) is 14.4. The zero-order chi connectivity index (χ0) is 21.4. The Morgan fingerprint density at radius 1 is 1.10 bits per heavy atom. The third kappa shape index (κ3) is 2.93. The lowest BCUT2D eigenvalue weighted by Crippen LogP contribution is -2.23. The number of hydrogen-bond donors (Lipinski definition) is 1. The number of para-hydroxylation sites is 1. The van der Waals surface area contributed by atoms with Gasteiger partial charge in [-0.1, -0.05) is 18.2 Å². The molecule has 1 N–H and O–H groups in total. The lowest BCUT2D eigenvalue weighted by molar-refractivity contribution is 0.102. The zero-order valence-corrected chi connectivity index (χ0v) is 16.7. The van der Waals surface area contributed by atoms with Crippen LogP contribution in [0.25, 0.3) is 11.6 Å². The SMILES string of the molecule is Cc1oc(-n2cccc2)c(C#N)c1C(=O)Nc1c(C)n(C)n(-c2ccccc2)c1=O. The Bertz CT molecular complexity index is 1330. The minimum absolute atomic E-state index is 0.107. The summed E-state index contributed by atoms with van der Waals surface area (Å²) in [6, 6.07) is 14.8. The van der Waals surface area contributed by atoms with Crippen LogP contribution >= 0.6 is 0 Å². The number of carbonyl (C=O) groups is 1. The van der Waals surface area contributed by atoms with E-state index in [0.29, 0.717) is 17.1 Å². The smallest absolute Gasteiger partial charge is 0.295 e. The Morgan fingerprint density at radius 3 is 2.40 bits per heavy atom. The Labute approximate surface area is 172 Å². The first-order valence-electron chi connectivity index (χ1n) is 9.26. The molecule has 0 bridgehead atoms. The maximum Gasteiger partial charge on any atom is 0.295 e. The molecule has 8 heteroatoms. The lowest BCUT2D eigenvalue weighted by atomic mass is 10.1. The number of nitrogens with zero attached hydrogens (tertiary/aromatic N) is 4. The van der Waals surface area contributed by atoms with Crippen LogP contribution in [-0.2, 0) is 7.05 Å². The molecule has 0 radical (unpaired) electrons. The summed E-state index contributed by atoms with van der Waals surface area (Å²) in [6.45, 7) is 3.36. The molecule has 30 heavy (non-hydrogen) atoms. The fourth-order valence-corrected chi connectivity index (χ4v) is 3.45. The number of carbonyl (C=O) groups excluding carboxylic acids is 1. The van der Waals surface area contributed by atoms with E-state index >= 15 is 0 Å². The molecule has 4 aromatic rings. The van der Waals surface area contributed by atoms with Gasteiger partial charge >= 0.3 is 0 Å². The number of benzene rings is 1. The third-order valence-corrected chi connectivity index (χ3v) is 5.04. The molecule has 3 heterocycles. The van der Waals surface area contributed by atoms with Gasteiger partial charge in [0.05, 0.1) is 11.4 Å². The first-order valence-corrected chi connectivity index (χ1v) is 9.26. The van der Waals surface area contributed by atoms with Gasteiger partial charge < -0.3 is 9.73 Å². The molecule has 0 fully saturated rings. The third-order valence-electron chi connectivity index (χ3n) is 5.04. The van der Waals surface area contributed by atoms with Crippen LogP contribution in [0, 0.1) is 25.2 Å². The number of furan rings is 1. The number of rotatable bonds is 4. The Balaban J connectivity index is 1.76. The molecular weight excluding hydrogens is 382 g/mol. The predicted molar refractivity (Wildman–Crippen MR) is 111 cm³/mol. The molecule has 1 aromatic carbocycles. The van der Waals surface area contributed by atoms with Crippen molar-refractivity contribution in [2.24, 2.45) is 7.05 Å². The highest BCUT2D eigenvalue weighted by molar-refractivity contribution is 6.07. The van der Waals surface area contributed by atoms with Crippen molar-refractivity contribution in [3.63, 3.8) is 0 Å². The number of nitrogens with one attached hydrogen (secondary N) is 1. The van der Waals surface area contributed by atoms with Gasteiger partial charge in [-0.05, 0) is 38.1 Å². The van der Waals surface area contributed by atoms with E-state index in [4.69, 9.17) is 4.42 Å². The normalized spacial score (nSPS) is 10.7. The van der Waals surface area contributed by atoms with E-state index in [1.165, 1.54) is 4.68 Å². The second-order valence-corrected chi connectivity index (χ2v) is 6.81. The molecule has 0 aliphatic heterocycles. The fourth-order valence-electron chi connectivity index (χ4n) is 3.45. The second-order valence-electron chi connectivity index (χ2n) is 6.81. The Hall–Kier alpha value is -4.25. The number of aromatic nitrogens is 3. The molecule has 1 amide bonds. The maximum absolute atomic E-state index is 13.1. The van der Waals surface area contributed by atoms with Crippen molar-refractivity contribution < 1.29 is 9.21 Å². The number of anilines is 1. The van der Waals surface area contributed by atoms with Crippen molar-refractivity contribution >= 4 is 11.6 Å². The molecule has 0 aliphatic carbocycles. The highest BCUT2D eigenvalue weighted by Gasteiger charge is 2.27. The second kappa shape index (κ2) is 7.29. The minimum Gasteiger partial charge on any atom is -0.443 e. The van der Waals surface area contributed by atoms with Gasteiger partial charge in [0.25, 0.3) is 11.5 Å². The maximum atomic E-state index is 13.1. The van der Waals surface area contributed by atoms with Gasteiger partial charge in [-0.3, -0.25) is 18.8 Å². The molecule has 0 atom stereocenters. The fraction of sp³-hybridized carbons (Fsp3) is 0.136. The van der Waals surface area contributed by atoms with Crippen LogP contribution in [0.5, 0.6) is 0 Å². The topological polar surface area (TPSA) is 97.9 Å². The van der Waals surface area contributed by atoms with Crippen molar-refractivity contribution in [2.75, 3.05) is 5.32 Å². The molecule has 8 nitrogen and oxygen atoms in total. The molecule has 0 spiro atoms. The van der Waals surface area contributed by atoms with E-state index in [1.807, 2.05) is 36.4 Å². The quantitative estimate of drug-likeness (QED) is 0.567. The zero-order valence-electron chi connectivity index (χ0n) is 16.7. The van der Waals surface area contributed by atoms with E-state index in [1.54, 1.807) is 54.7 Å². The van der Waals surface area contributed by atoms with Gasteiger partial charge in [-0.25, -0.2) is 4.68 Å². The van der Waals surface area contributed by atoms with E-state index in [-0.39, 0.29) is 28.3 Å². The number of amides is 1. The van der Waals surface area contributed by atoms with Gasteiger partial charge in [0.1, 0.15) is 28.6 Å². The summed E-state index contributed by atoms with van der Waals surface area (Å²) in [4.78, 5) is 26.1. The van der Waals surface area contributed by atoms with Crippen LogP contribution in [0.15, 0.2) is 64.1 Å². The summed E-state index contributed by atoms with van der Waals surface area (Å²) in [7, 11) is 1.74. The first kappa shape index (κ1) is 19.1. The molecule has 150 valence electrons. The average molecular weight is 401 g/mol. The summed E-state index contributed by atoms with van der Waals surface area (Å²) in [6.07, 6.45) is 3.45. The molecule has 0 saturated heterocycles. The number of aryl methyl sites for hydroxylation is 1. The molecule has 0 unspecified atom stereocenters. The average Bonchev–Trinajstić information content (AvgIpc) is 3.43. The molecule has 0 saturated carbocycles. The molecule has 0 aliphatic rings. The monoisotopic (exact) mass is 401 g/mol. The number of hydrogen-bond acceptors (Lipinski definition) is 4.